The maximum absolute atomic E-state index is 12.4. The summed E-state index contributed by atoms with van der Waals surface area (Å²) in [7, 11) is 1.57. The molecule has 3 aromatic rings. The van der Waals surface area contributed by atoms with Gasteiger partial charge in [-0.2, -0.15) is 0 Å². The molecule has 1 amide bonds. The van der Waals surface area contributed by atoms with Crippen molar-refractivity contribution in [3.05, 3.63) is 69.1 Å². The monoisotopic (exact) mass is 377 g/mol. The van der Waals surface area contributed by atoms with Gasteiger partial charge in [-0.25, -0.2) is 4.79 Å². The van der Waals surface area contributed by atoms with Gasteiger partial charge in [-0.05, 0) is 73.6 Å². The summed E-state index contributed by atoms with van der Waals surface area (Å²) in [4.78, 5) is 24.8. The Kier molecular flexibility index (Phi) is 4.90. The standard InChI is InChI=1S/C23H23NO4/c1-14-19-9-8-18(27-2)13-21(19)28-23(26)20(14)10-11-22(25)24-17-7-6-15-4-3-5-16(15)12-17/h6-9,12-13H,3-5,10-11H2,1-2H3,(H,24,25). The van der Waals surface area contributed by atoms with Gasteiger partial charge in [-0.15, -0.1) is 0 Å². The van der Waals surface area contributed by atoms with Crippen LogP contribution in [0.1, 0.15) is 35.1 Å². The van der Waals surface area contributed by atoms with Crippen molar-refractivity contribution in [1.82, 2.24) is 0 Å². The molecule has 0 unspecified atom stereocenters. The third-order valence-corrected chi connectivity index (χ3v) is 5.48. The fourth-order valence-electron chi connectivity index (χ4n) is 3.90. The second-order valence-electron chi connectivity index (χ2n) is 7.24. The molecule has 0 bridgehead atoms. The zero-order valence-electron chi connectivity index (χ0n) is 16.1. The summed E-state index contributed by atoms with van der Waals surface area (Å²) in [6.07, 6.45) is 3.93. The van der Waals surface area contributed by atoms with Crippen molar-refractivity contribution < 1.29 is 13.9 Å². The number of benzene rings is 2. The Hall–Kier alpha value is -3.08. The fourth-order valence-corrected chi connectivity index (χ4v) is 3.90. The minimum atomic E-state index is -0.399. The van der Waals surface area contributed by atoms with Crippen LogP contribution in [0, 0.1) is 6.92 Å². The molecule has 0 atom stereocenters. The molecule has 1 N–H and O–H groups in total. The van der Waals surface area contributed by atoms with E-state index in [0.29, 0.717) is 23.3 Å². The first-order chi connectivity index (χ1) is 13.5. The topological polar surface area (TPSA) is 68.5 Å². The van der Waals surface area contributed by atoms with Crippen LogP contribution in [0.2, 0.25) is 0 Å². The average molecular weight is 377 g/mol. The van der Waals surface area contributed by atoms with E-state index in [1.807, 2.05) is 25.1 Å². The molecule has 0 radical (unpaired) electrons. The van der Waals surface area contributed by atoms with E-state index in [9.17, 15) is 9.59 Å². The van der Waals surface area contributed by atoms with E-state index in [1.165, 1.54) is 17.5 Å². The molecule has 2 aromatic carbocycles. The molecule has 0 aliphatic heterocycles. The Morgan fingerprint density at radius 3 is 2.79 bits per heavy atom. The van der Waals surface area contributed by atoms with Crippen molar-refractivity contribution >= 4 is 22.6 Å². The molecule has 1 aliphatic rings. The molecule has 4 rings (SSSR count). The summed E-state index contributed by atoms with van der Waals surface area (Å²) in [6, 6.07) is 11.5. The summed E-state index contributed by atoms with van der Waals surface area (Å²) in [6.45, 7) is 1.89. The molecule has 1 aromatic heterocycles. The highest BCUT2D eigenvalue weighted by Gasteiger charge is 2.15. The SMILES string of the molecule is COc1ccc2c(C)c(CCC(=O)Nc3ccc4c(c3)CCC4)c(=O)oc2c1. The second-order valence-corrected chi connectivity index (χ2v) is 7.24. The first kappa shape index (κ1) is 18.3. The number of carbonyl (C=O) groups excluding carboxylic acids is 1. The van der Waals surface area contributed by atoms with E-state index < -0.39 is 5.63 Å². The zero-order valence-corrected chi connectivity index (χ0v) is 16.1. The third-order valence-electron chi connectivity index (χ3n) is 5.48. The zero-order chi connectivity index (χ0) is 19.7. The van der Waals surface area contributed by atoms with Crippen LogP contribution in [-0.2, 0) is 24.1 Å². The Labute approximate surface area is 163 Å². The quantitative estimate of drug-likeness (QED) is 0.678. The normalized spacial score (nSPS) is 12.8. The highest BCUT2D eigenvalue weighted by Crippen LogP contribution is 2.26. The first-order valence-electron chi connectivity index (χ1n) is 9.57. The van der Waals surface area contributed by atoms with Crippen LogP contribution >= 0.6 is 0 Å². The van der Waals surface area contributed by atoms with Crippen LogP contribution in [0.3, 0.4) is 0 Å². The number of methoxy groups -OCH3 is 1. The Morgan fingerprint density at radius 1 is 1.14 bits per heavy atom. The predicted octanol–water partition coefficient (Wildman–Crippen LogP) is 4.17. The van der Waals surface area contributed by atoms with Crippen molar-refractivity contribution in [2.45, 2.75) is 39.0 Å². The van der Waals surface area contributed by atoms with Crippen LogP contribution in [0.25, 0.3) is 11.0 Å². The minimum absolute atomic E-state index is 0.105. The van der Waals surface area contributed by atoms with Gasteiger partial charge in [-0.3, -0.25) is 4.79 Å². The van der Waals surface area contributed by atoms with Gasteiger partial charge in [0.1, 0.15) is 11.3 Å². The van der Waals surface area contributed by atoms with Crippen molar-refractivity contribution in [3.63, 3.8) is 0 Å². The number of aryl methyl sites for hydroxylation is 3. The Morgan fingerprint density at radius 2 is 1.96 bits per heavy atom. The smallest absolute Gasteiger partial charge is 0.339 e. The molecule has 1 aliphatic carbocycles. The van der Waals surface area contributed by atoms with Gasteiger partial charge in [0.15, 0.2) is 0 Å². The van der Waals surface area contributed by atoms with Gasteiger partial charge in [0.2, 0.25) is 5.91 Å². The van der Waals surface area contributed by atoms with Crippen LogP contribution in [0.15, 0.2) is 45.6 Å². The predicted molar refractivity (Wildman–Crippen MR) is 109 cm³/mol. The summed E-state index contributed by atoms with van der Waals surface area (Å²) in [5.74, 6) is 0.531. The number of rotatable bonds is 5. The molecule has 5 nitrogen and oxygen atoms in total. The largest absolute Gasteiger partial charge is 0.497 e. The molecule has 1 heterocycles. The van der Waals surface area contributed by atoms with E-state index >= 15 is 0 Å². The molecule has 0 saturated heterocycles. The van der Waals surface area contributed by atoms with E-state index in [0.717, 1.165) is 29.5 Å². The molecular weight excluding hydrogens is 354 g/mol. The number of amides is 1. The lowest BCUT2D eigenvalue weighted by molar-refractivity contribution is -0.116. The van der Waals surface area contributed by atoms with E-state index in [4.69, 9.17) is 9.15 Å². The van der Waals surface area contributed by atoms with Gasteiger partial charge in [0.05, 0.1) is 7.11 Å². The molecule has 0 saturated carbocycles. The van der Waals surface area contributed by atoms with Crippen molar-refractivity contribution in [1.29, 1.82) is 0 Å². The Bertz CT molecular complexity index is 1110. The third kappa shape index (κ3) is 3.52. The summed E-state index contributed by atoms with van der Waals surface area (Å²) < 4.78 is 10.6. The van der Waals surface area contributed by atoms with Crippen molar-refractivity contribution in [3.8, 4) is 5.75 Å². The lowest BCUT2D eigenvalue weighted by Crippen LogP contribution is -2.16. The van der Waals surface area contributed by atoms with Crippen LogP contribution in [-0.4, -0.2) is 13.0 Å². The number of carbonyl (C=O) groups is 1. The molecule has 0 fully saturated rings. The maximum Gasteiger partial charge on any atom is 0.339 e. The minimum Gasteiger partial charge on any atom is -0.497 e. The van der Waals surface area contributed by atoms with Crippen molar-refractivity contribution in [2.24, 2.45) is 0 Å². The summed E-state index contributed by atoms with van der Waals surface area (Å²) >= 11 is 0. The number of ether oxygens (including phenoxy) is 1. The number of hydrogen-bond acceptors (Lipinski definition) is 4. The average Bonchev–Trinajstić information content (AvgIpc) is 3.15. The second kappa shape index (κ2) is 7.50. The first-order valence-corrected chi connectivity index (χ1v) is 9.57. The molecule has 28 heavy (non-hydrogen) atoms. The number of hydrogen-bond donors (Lipinski definition) is 1. The van der Waals surface area contributed by atoms with Gasteiger partial charge < -0.3 is 14.5 Å². The summed E-state index contributed by atoms with van der Waals surface area (Å²) in [5, 5.41) is 3.80. The fraction of sp³-hybridized carbons (Fsp3) is 0.304. The van der Waals surface area contributed by atoms with E-state index in [-0.39, 0.29) is 12.3 Å². The van der Waals surface area contributed by atoms with E-state index in [2.05, 4.69) is 17.4 Å². The molecule has 144 valence electrons. The van der Waals surface area contributed by atoms with Gasteiger partial charge in [0, 0.05) is 29.1 Å². The lowest BCUT2D eigenvalue weighted by Gasteiger charge is -2.10. The highest BCUT2D eigenvalue weighted by atomic mass is 16.5. The van der Waals surface area contributed by atoms with Crippen molar-refractivity contribution in [2.75, 3.05) is 12.4 Å². The van der Waals surface area contributed by atoms with Gasteiger partial charge >= 0.3 is 5.63 Å². The van der Waals surface area contributed by atoms with Crippen LogP contribution < -0.4 is 15.7 Å². The lowest BCUT2D eigenvalue weighted by atomic mass is 10.0. The number of nitrogens with one attached hydrogen (secondary N) is 1. The van der Waals surface area contributed by atoms with Gasteiger partial charge in [-0.1, -0.05) is 6.07 Å². The molecule has 0 spiro atoms. The van der Waals surface area contributed by atoms with Crippen LogP contribution in [0.5, 0.6) is 5.75 Å². The highest BCUT2D eigenvalue weighted by molar-refractivity contribution is 5.91. The van der Waals surface area contributed by atoms with Crippen LogP contribution in [0.4, 0.5) is 5.69 Å². The Balaban J connectivity index is 1.49. The molecular formula is C23H23NO4. The molecule has 5 heteroatoms. The number of anilines is 1. The van der Waals surface area contributed by atoms with E-state index in [1.54, 1.807) is 13.2 Å². The van der Waals surface area contributed by atoms with Gasteiger partial charge in [0.25, 0.3) is 0 Å². The summed E-state index contributed by atoms with van der Waals surface area (Å²) in [5.41, 5.74) is 5.00. The maximum atomic E-state index is 12.4. The number of fused-ring (bicyclic) bond motifs is 2.